The van der Waals surface area contributed by atoms with Crippen molar-refractivity contribution in [2.24, 2.45) is 0 Å². The van der Waals surface area contributed by atoms with Gasteiger partial charge in [0.2, 0.25) is 0 Å². The SMILES string of the molecule is CC(C)c1cccc(C(C)C)c1O[C-]=O.[CH2-]O.[Y]. The van der Waals surface area contributed by atoms with Crippen LogP contribution >= 0.6 is 0 Å². The summed E-state index contributed by atoms with van der Waals surface area (Å²) in [5.74, 6) is 1.36. The molecule has 1 N–H and O–H groups in total. The predicted octanol–water partition coefficient (Wildman–Crippen LogP) is 3.53. The van der Waals surface area contributed by atoms with Gasteiger partial charge in [-0.2, -0.15) is 0 Å². The largest absolute Gasteiger partial charge is 0.609 e. The summed E-state index contributed by atoms with van der Waals surface area (Å²) >= 11 is 0. The van der Waals surface area contributed by atoms with Crippen molar-refractivity contribution in [3.8, 4) is 5.75 Å². The number of aliphatic hydroxyl groups excluding tert-OH is 1. The third-order valence-corrected chi connectivity index (χ3v) is 2.46. The summed E-state index contributed by atoms with van der Waals surface area (Å²) in [6.45, 7) is 9.85. The minimum Gasteiger partial charge on any atom is -0.609 e. The standard InChI is InChI=1S/C13H17O2.CH3O.Y/c1-9(2)11-6-5-7-12(10(3)4)13(11)15-8-14;1-2;/h5-7,9-10H,1-4H3;2H,1H2;/q2*-1;. The van der Waals surface area contributed by atoms with Crippen molar-refractivity contribution in [1.29, 1.82) is 0 Å². The van der Waals surface area contributed by atoms with E-state index in [0.29, 0.717) is 17.6 Å². The second-order valence-electron chi connectivity index (χ2n) is 4.26. The van der Waals surface area contributed by atoms with Crippen LogP contribution in [0.1, 0.15) is 50.7 Å². The molecular weight excluding hydrogens is 305 g/mol. The molecule has 0 spiro atoms. The van der Waals surface area contributed by atoms with Gasteiger partial charge in [-0.05, 0) is 17.6 Å². The molecule has 3 nitrogen and oxygen atoms in total. The van der Waals surface area contributed by atoms with Crippen LogP contribution in [-0.2, 0) is 37.5 Å². The first-order chi connectivity index (χ1) is 8.07. The predicted molar refractivity (Wildman–Crippen MR) is 68.2 cm³/mol. The first-order valence-electron chi connectivity index (χ1n) is 5.56. The van der Waals surface area contributed by atoms with E-state index < -0.39 is 0 Å². The molecule has 0 atom stereocenters. The topological polar surface area (TPSA) is 46.5 Å². The fraction of sp³-hybridized carbons (Fsp3) is 0.429. The summed E-state index contributed by atoms with van der Waals surface area (Å²) in [4.78, 5) is 10.4. The van der Waals surface area contributed by atoms with Gasteiger partial charge in [0, 0.05) is 32.7 Å². The molecule has 0 aliphatic heterocycles. The molecule has 1 radical (unpaired) electrons. The Hall–Kier alpha value is -0.246. The summed E-state index contributed by atoms with van der Waals surface area (Å²) in [6, 6.07) is 5.98. The maximum Gasteiger partial charge on any atom is 0.170 e. The van der Waals surface area contributed by atoms with Gasteiger partial charge in [-0.3, -0.25) is 0 Å². The van der Waals surface area contributed by atoms with E-state index in [-0.39, 0.29) is 32.7 Å². The normalized spacial score (nSPS) is 9.33. The molecular formula is C14H20O3Y-2. The van der Waals surface area contributed by atoms with E-state index in [1.165, 1.54) is 6.47 Å². The second kappa shape index (κ2) is 10.7. The van der Waals surface area contributed by atoms with Crippen molar-refractivity contribution in [3.05, 3.63) is 36.4 Å². The molecule has 0 saturated carbocycles. The van der Waals surface area contributed by atoms with Crippen molar-refractivity contribution in [2.75, 3.05) is 0 Å². The molecule has 0 amide bonds. The van der Waals surface area contributed by atoms with Crippen LogP contribution in [0.4, 0.5) is 0 Å². The molecule has 0 aromatic heterocycles. The molecule has 1 rings (SSSR count). The molecule has 0 saturated heterocycles. The van der Waals surface area contributed by atoms with Crippen molar-refractivity contribution < 1.29 is 47.3 Å². The number of para-hydroxylation sites is 1. The minimum absolute atomic E-state index is 0. The van der Waals surface area contributed by atoms with Gasteiger partial charge in [-0.15, -0.1) is 0 Å². The Labute approximate surface area is 135 Å². The van der Waals surface area contributed by atoms with Crippen LogP contribution < -0.4 is 4.74 Å². The summed E-state index contributed by atoms with van der Waals surface area (Å²) in [7, 11) is 2.25. The van der Waals surface area contributed by atoms with E-state index in [0.717, 1.165) is 11.1 Å². The molecule has 99 valence electrons. The molecule has 1 aromatic rings. The first-order valence-corrected chi connectivity index (χ1v) is 5.56. The molecule has 18 heavy (non-hydrogen) atoms. The van der Waals surface area contributed by atoms with E-state index in [4.69, 9.17) is 9.84 Å². The van der Waals surface area contributed by atoms with Crippen LogP contribution in [0.2, 0.25) is 0 Å². The Balaban J connectivity index is 0. The van der Waals surface area contributed by atoms with Gasteiger partial charge in [-0.1, -0.05) is 57.0 Å². The smallest absolute Gasteiger partial charge is 0.170 e. The van der Waals surface area contributed by atoms with E-state index in [9.17, 15) is 4.79 Å². The maximum absolute atomic E-state index is 10.4. The Bertz CT molecular complexity index is 323. The fourth-order valence-electron chi connectivity index (χ4n) is 1.64. The zero-order valence-corrected chi connectivity index (χ0v) is 14.3. The fourth-order valence-corrected chi connectivity index (χ4v) is 1.64. The summed E-state index contributed by atoms with van der Waals surface area (Å²) < 4.78 is 4.99. The van der Waals surface area contributed by atoms with Crippen LogP contribution in [-0.4, -0.2) is 11.6 Å². The summed E-state index contributed by atoms with van der Waals surface area (Å²) in [6.07, 6.45) is 0. The Morgan fingerprint density at radius 2 is 1.50 bits per heavy atom. The number of rotatable bonds is 4. The van der Waals surface area contributed by atoms with E-state index >= 15 is 0 Å². The monoisotopic (exact) mass is 325 g/mol. The van der Waals surface area contributed by atoms with Crippen molar-refractivity contribution in [2.45, 2.75) is 39.5 Å². The van der Waals surface area contributed by atoms with Crippen LogP contribution in [0, 0.1) is 7.11 Å². The zero-order chi connectivity index (χ0) is 13.4. The van der Waals surface area contributed by atoms with E-state index in [2.05, 4.69) is 34.8 Å². The van der Waals surface area contributed by atoms with Crippen LogP contribution in [0.25, 0.3) is 0 Å². The summed E-state index contributed by atoms with van der Waals surface area (Å²) in [5, 5.41) is 6.75. The number of ether oxygens (including phenoxy) is 1. The van der Waals surface area contributed by atoms with Crippen molar-refractivity contribution in [1.82, 2.24) is 0 Å². The first kappa shape index (κ1) is 20.1. The minimum atomic E-state index is 0. The number of benzene rings is 1. The van der Waals surface area contributed by atoms with Crippen LogP contribution in [0.3, 0.4) is 0 Å². The van der Waals surface area contributed by atoms with Gasteiger partial charge in [0.25, 0.3) is 0 Å². The Morgan fingerprint density at radius 1 is 1.11 bits per heavy atom. The molecule has 0 bridgehead atoms. The van der Waals surface area contributed by atoms with Gasteiger partial charge in [0.15, 0.2) is 6.47 Å². The zero-order valence-electron chi connectivity index (χ0n) is 11.4. The third kappa shape index (κ3) is 5.60. The van der Waals surface area contributed by atoms with Gasteiger partial charge in [-0.25, -0.2) is 7.11 Å². The van der Waals surface area contributed by atoms with Gasteiger partial charge < -0.3 is 14.6 Å². The molecule has 0 heterocycles. The number of carbonyl (C=O) groups excluding carboxylic acids is 1. The van der Waals surface area contributed by atoms with Crippen LogP contribution in [0.15, 0.2) is 18.2 Å². The van der Waals surface area contributed by atoms with Gasteiger partial charge >= 0.3 is 0 Å². The number of aliphatic hydroxyl groups is 1. The Morgan fingerprint density at radius 3 is 1.78 bits per heavy atom. The van der Waals surface area contributed by atoms with Gasteiger partial charge in [0.1, 0.15) is 0 Å². The molecule has 4 heteroatoms. The molecule has 0 aliphatic carbocycles. The molecule has 0 aliphatic rings. The van der Waals surface area contributed by atoms with Crippen LogP contribution in [0.5, 0.6) is 5.75 Å². The molecule has 1 aromatic carbocycles. The quantitative estimate of drug-likeness (QED) is 0.862. The molecule has 0 fully saturated rings. The van der Waals surface area contributed by atoms with Crippen molar-refractivity contribution >= 4 is 6.47 Å². The van der Waals surface area contributed by atoms with E-state index in [1.807, 2.05) is 18.2 Å². The van der Waals surface area contributed by atoms with E-state index in [1.54, 1.807) is 0 Å². The third-order valence-electron chi connectivity index (χ3n) is 2.46. The number of hydrogen-bond donors (Lipinski definition) is 1. The van der Waals surface area contributed by atoms with Gasteiger partial charge in [0.05, 0.1) is 0 Å². The average Bonchev–Trinajstić information content (AvgIpc) is 2.31. The molecule has 0 unspecified atom stereocenters. The Kier molecular flexibility index (Phi) is 11.9. The average molecular weight is 325 g/mol. The maximum atomic E-state index is 10.4. The summed E-state index contributed by atoms with van der Waals surface area (Å²) in [5.41, 5.74) is 2.12. The second-order valence-corrected chi connectivity index (χ2v) is 4.26. The van der Waals surface area contributed by atoms with Crippen molar-refractivity contribution in [3.63, 3.8) is 0 Å². The number of hydrogen-bond acceptors (Lipinski definition) is 3.